The zero-order chi connectivity index (χ0) is 16.1. The van der Waals surface area contributed by atoms with Crippen LogP contribution >= 0.6 is 11.6 Å². The number of aromatic carboxylic acids is 1. The molecule has 116 valence electrons. The highest BCUT2D eigenvalue weighted by molar-refractivity contribution is 6.32. The number of anilines is 1. The Balaban J connectivity index is 2.13. The average molecular weight is 324 g/mol. The van der Waals surface area contributed by atoms with Gasteiger partial charge in [0.1, 0.15) is 17.3 Å². The molecule has 0 amide bonds. The number of nitrogens with one attached hydrogen (secondary N) is 1. The summed E-state index contributed by atoms with van der Waals surface area (Å²) in [4.78, 5) is 18.5. The molecule has 2 N–H and O–H groups in total. The number of hydrogen-bond donors (Lipinski definition) is 2. The Morgan fingerprint density at radius 2 is 2.14 bits per heavy atom. The third-order valence-electron chi connectivity index (χ3n) is 2.89. The molecule has 2 aromatic rings. The molecule has 0 atom stereocenters. The van der Waals surface area contributed by atoms with E-state index in [0.29, 0.717) is 23.9 Å². The van der Waals surface area contributed by atoms with Crippen LogP contribution in [0, 0.1) is 0 Å². The maximum absolute atomic E-state index is 10.8. The summed E-state index contributed by atoms with van der Waals surface area (Å²) in [5, 5.41) is 11.7. The normalized spacial score (nSPS) is 10.1. The van der Waals surface area contributed by atoms with E-state index in [-0.39, 0.29) is 10.8 Å². The lowest BCUT2D eigenvalue weighted by Crippen LogP contribution is -2.07. The molecule has 0 radical (unpaired) electrons. The molecule has 8 heteroatoms. The first-order chi connectivity index (χ1) is 10.5. The Labute approximate surface area is 131 Å². The molecule has 0 saturated carbocycles. The van der Waals surface area contributed by atoms with Crippen LogP contribution in [0.15, 0.2) is 24.4 Å². The van der Waals surface area contributed by atoms with E-state index in [1.54, 1.807) is 20.3 Å². The Kier molecular flexibility index (Phi) is 5.00. The third kappa shape index (κ3) is 3.56. The van der Waals surface area contributed by atoms with Crippen molar-refractivity contribution < 1.29 is 19.4 Å². The van der Waals surface area contributed by atoms with Gasteiger partial charge in [-0.25, -0.2) is 14.8 Å². The highest BCUT2D eigenvalue weighted by Crippen LogP contribution is 2.25. The van der Waals surface area contributed by atoms with Gasteiger partial charge < -0.3 is 19.9 Å². The summed E-state index contributed by atoms with van der Waals surface area (Å²) >= 11 is 5.77. The van der Waals surface area contributed by atoms with Crippen molar-refractivity contribution in [2.24, 2.45) is 0 Å². The number of aromatic nitrogens is 2. The minimum Gasteiger partial charge on any atom is -0.497 e. The molecule has 0 aliphatic carbocycles. The van der Waals surface area contributed by atoms with Gasteiger partial charge in [0.05, 0.1) is 20.4 Å². The molecule has 7 nitrogen and oxygen atoms in total. The van der Waals surface area contributed by atoms with Crippen LogP contribution in [0.2, 0.25) is 5.15 Å². The second-order valence-electron chi connectivity index (χ2n) is 4.23. The quantitative estimate of drug-likeness (QED) is 0.843. The summed E-state index contributed by atoms with van der Waals surface area (Å²) in [7, 11) is 3.14. The van der Waals surface area contributed by atoms with Gasteiger partial charge in [0.25, 0.3) is 0 Å². The van der Waals surface area contributed by atoms with E-state index in [1.807, 2.05) is 12.1 Å². The summed E-state index contributed by atoms with van der Waals surface area (Å²) in [6, 6.07) is 5.43. The molecule has 0 aliphatic rings. The molecular weight excluding hydrogens is 310 g/mol. The van der Waals surface area contributed by atoms with Crippen LogP contribution in [0.5, 0.6) is 11.5 Å². The van der Waals surface area contributed by atoms with Gasteiger partial charge in [-0.3, -0.25) is 0 Å². The zero-order valence-electron chi connectivity index (χ0n) is 12.0. The number of benzene rings is 1. The second-order valence-corrected chi connectivity index (χ2v) is 4.59. The first kappa shape index (κ1) is 15.8. The van der Waals surface area contributed by atoms with Gasteiger partial charge in [0.2, 0.25) is 0 Å². The van der Waals surface area contributed by atoms with E-state index in [0.717, 1.165) is 5.56 Å². The fraction of sp³-hybridized carbons (Fsp3) is 0.214. The molecule has 0 unspecified atom stereocenters. The summed E-state index contributed by atoms with van der Waals surface area (Å²) in [5.41, 5.74) is 0.595. The predicted octanol–water partition coefficient (Wildman–Crippen LogP) is 2.46. The van der Waals surface area contributed by atoms with Gasteiger partial charge in [-0.1, -0.05) is 11.6 Å². The molecule has 0 saturated heterocycles. The van der Waals surface area contributed by atoms with Gasteiger partial charge in [0, 0.05) is 18.2 Å². The Hall–Kier alpha value is -2.54. The van der Waals surface area contributed by atoms with Crippen LogP contribution in [0.4, 0.5) is 5.82 Å². The number of methoxy groups -OCH3 is 2. The fourth-order valence-electron chi connectivity index (χ4n) is 1.78. The monoisotopic (exact) mass is 323 g/mol. The summed E-state index contributed by atoms with van der Waals surface area (Å²) in [6.45, 7) is 0.407. The Morgan fingerprint density at radius 1 is 1.36 bits per heavy atom. The third-order valence-corrected chi connectivity index (χ3v) is 3.15. The van der Waals surface area contributed by atoms with Crippen LogP contribution in [0.1, 0.15) is 16.1 Å². The fourth-order valence-corrected chi connectivity index (χ4v) is 2.00. The minimum absolute atomic E-state index is 0.167. The lowest BCUT2D eigenvalue weighted by atomic mass is 10.2. The van der Waals surface area contributed by atoms with Gasteiger partial charge in [-0.2, -0.15) is 0 Å². The number of carboxylic acids is 1. The second kappa shape index (κ2) is 6.95. The minimum atomic E-state index is -1.22. The van der Waals surface area contributed by atoms with Gasteiger partial charge in [-0.05, 0) is 12.1 Å². The highest BCUT2D eigenvalue weighted by Gasteiger charge is 2.12. The van der Waals surface area contributed by atoms with Crippen molar-refractivity contribution in [3.8, 4) is 11.5 Å². The molecule has 1 aromatic heterocycles. The van der Waals surface area contributed by atoms with Crippen molar-refractivity contribution >= 4 is 23.4 Å². The molecule has 0 spiro atoms. The Morgan fingerprint density at radius 3 is 2.73 bits per heavy atom. The molecule has 1 aromatic carbocycles. The number of rotatable bonds is 6. The van der Waals surface area contributed by atoms with E-state index >= 15 is 0 Å². The molecule has 0 aliphatic heterocycles. The van der Waals surface area contributed by atoms with Crippen molar-refractivity contribution in [3.05, 3.63) is 40.8 Å². The number of carbonyl (C=O) groups is 1. The van der Waals surface area contributed by atoms with Crippen LogP contribution in [0.3, 0.4) is 0 Å². The zero-order valence-corrected chi connectivity index (χ0v) is 12.7. The molecule has 1 heterocycles. The maximum Gasteiger partial charge on any atom is 0.357 e. The maximum atomic E-state index is 10.8. The van der Waals surface area contributed by atoms with Crippen LogP contribution in [-0.4, -0.2) is 35.3 Å². The molecular formula is C14H14ClN3O4. The van der Waals surface area contributed by atoms with Crippen molar-refractivity contribution in [3.63, 3.8) is 0 Å². The van der Waals surface area contributed by atoms with E-state index in [1.165, 1.54) is 6.20 Å². The lowest BCUT2D eigenvalue weighted by Gasteiger charge is -2.11. The topological polar surface area (TPSA) is 93.6 Å². The standard InChI is InChI=1S/C14H14ClN3O4/c1-21-9-4-3-8(10(5-9)22-2)6-16-11-7-17-12(14(19)20)13(15)18-11/h3-5,7H,6H2,1-2H3,(H,16,18)(H,19,20). The van der Waals surface area contributed by atoms with Crippen LogP contribution in [0.25, 0.3) is 0 Å². The number of ether oxygens (including phenoxy) is 2. The number of halogens is 1. The predicted molar refractivity (Wildman–Crippen MR) is 80.9 cm³/mol. The number of carboxylic acid groups (broad SMARTS) is 1. The van der Waals surface area contributed by atoms with Crippen LogP contribution in [-0.2, 0) is 6.54 Å². The van der Waals surface area contributed by atoms with Gasteiger partial charge in [-0.15, -0.1) is 0 Å². The van der Waals surface area contributed by atoms with E-state index in [2.05, 4.69) is 15.3 Å². The molecule has 22 heavy (non-hydrogen) atoms. The lowest BCUT2D eigenvalue weighted by molar-refractivity contribution is 0.0690. The van der Waals surface area contributed by atoms with Crippen LogP contribution < -0.4 is 14.8 Å². The largest absolute Gasteiger partial charge is 0.497 e. The van der Waals surface area contributed by atoms with Crippen molar-refractivity contribution in [1.82, 2.24) is 9.97 Å². The summed E-state index contributed by atoms with van der Waals surface area (Å²) < 4.78 is 10.4. The SMILES string of the molecule is COc1ccc(CNc2cnc(C(=O)O)c(Cl)n2)c(OC)c1. The van der Waals surface area contributed by atoms with Crippen molar-refractivity contribution in [2.75, 3.05) is 19.5 Å². The number of hydrogen-bond acceptors (Lipinski definition) is 6. The molecule has 2 rings (SSSR count). The molecule has 0 fully saturated rings. The summed E-state index contributed by atoms with van der Waals surface area (Å²) in [5.74, 6) is 0.496. The first-order valence-electron chi connectivity index (χ1n) is 6.25. The summed E-state index contributed by atoms with van der Waals surface area (Å²) in [6.07, 6.45) is 1.31. The Bertz CT molecular complexity index is 694. The first-order valence-corrected chi connectivity index (χ1v) is 6.63. The average Bonchev–Trinajstić information content (AvgIpc) is 2.52. The smallest absolute Gasteiger partial charge is 0.357 e. The van der Waals surface area contributed by atoms with E-state index in [4.69, 9.17) is 26.2 Å². The van der Waals surface area contributed by atoms with Gasteiger partial charge in [0.15, 0.2) is 10.8 Å². The van der Waals surface area contributed by atoms with Crippen molar-refractivity contribution in [2.45, 2.75) is 6.54 Å². The van der Waals surface area contributed by atoms with Gasteiger partial charge >= 0.3 is 5.97 Å². The van der Waals surface area contributed by atoms with Crippen molar-refractivity contribution in [1.29, 1.82) is 0 Å². The highest BCUT2D eigenvalue weighted by atomic mass is 35.5. The number of nitrogens with zero attached hydrogens (tertiary/aromatic N) is 2. The van der Waals surface area contributed by atoms with E-state index < -0.39 is 5.97 Å². The van der Waals surface area contributed by atoms with E-state index in [9.17, 15) is 4.79 Å². The molecule has 0 bridgehead atoms.